The number of rotatable bonds is 8. The van der Waals surface area contributed by atoms with E-state index in [0.717, 1.165) is 0 Å². The Morgan fingerprint density at radius 3 is 2.57 bits per heavy atom. The maximum absolute atomic E-state index is 11.6. The van der Waals surface area contributed by atoms with Crippen molar-refractivity contribution in [2.75, 3.05) is 24.2 Å². The number of carbonyl (C=O) groups excluding carboxylic acids is 3. The van der Waals surface area contributed by atoms with Crippen molar-refractivity contribution in [1.29, 1.82) is 0 Å². The van der Waals surface area contributed by atoms with Gasteiger partial charge in [-0.1, -0.05) is 25.6 Å². The topological polar surface area (TPSA) is 110 Å². The van der Waals surface area contributed by atoms with E-state index in [9.17, 15) is 14.4 Å². The van der Waals surface area contributed by atoms with Gasteiger partial charge in [-0.15, -0.1) is 10.2 Å². The molecule has 1 aromatic rings. The normalized spacial score (nSPS) is 10.3. The Morgan fingerprint density at radius 1 is 1.26 bits per heavy atom. The lowest BCUT2D eigenvalue weighted by atomic mass is 10.2. The van der Waals surface area contributed by atoms with Crippen molar-refractivity contribution in [3.63, 3.8) is 0 Å². The highest BCUT2D eigenvalue weighted by Gasteiger charge is 2.10. The lowest BCUT2D eigenvalue weighted by molar-refractivity contribution is -0.143. The van der Waals surface area contributed by atoms with E-state index in [1.807, 2.05) is 0 Å². The van der Waals surface area contributed by atoms with Crippen molar-refractivity contribution < 1.29 is 19.1 Å². The minimum atomic E-state index is -0.476. The van der Waals surface area contributed by atoms with Gasteiger partial charge in [-0.3, -0.25) is 14.4 Å². The zero-order chi connectivity index (χ0) is 17.2. The van der Waals surface area contributed by atoms with E-state index in [0.29, 0.717) is 10.8 Å². The number of thioether (sulfide) groups is 1. The highest BCUT2D eigenvalue weighted by molar-refractivity contribution is 7.99. The first kappa shape index (κ1) is 18.9. The van der Waals surface area contributed by atoms with Crippen molar-refractivity contribution in [1.82, 2.24) is 15.5 Å². The summed E-state index contributed by atoms with van der Waals surface area (Å²) in [5.41, 5.74) is 0. The predicted octanol–water partition coefficient (Wildman–Crippen LogP) is 0.842. The molecule has 0 aliphatic rings. The number of carbonyl (C=O) groups is 3. The average Bonchev–Trinajstić information content (AvgIpc) is 2.52. The van der Waals surface area contributed by atoms with Crippen LogP contribution in [0.4, 0.5) is 5.82 Å². The number of esters is 1. The van der Waals surface area contributed by atoms with Crippen LogP contribution in [0.5, 0.6) is 0 Å². The Hall–Kier alpha value is -2.16. The molecule has 0 fully saturated rings. The molecule has 0 aromatic carbocycles. The van der Waals surface area contributed by atoms with Gasteiger partial charge in [-0.2, -0.15) is 0 Å². The van der Waals surface area contributed by atoms with Crippen molar-refractivity contribution in [3.8, 4) is 0 Å². The minimum Gasteiger partial charge on any atom is -0.465 e. The van der Waals surface area contributed by atoms with Crippen LogP contribution in [0.3, 0.4) is 0 Å². The van der Waals surface area contributed by atoms with Crippen LogP contribution in [0.2, 0.25) is 0 Å². The minimum absolute atomic E-state index is 0.103. The van der Waals surface area contributed by atoms with E-state index in [-0.39, 0.29) is 36.6 Å². The average molecular weight is 340 g/mol. The number of amides is 2. The summed E-state index contributed by atoms with van der Waals surface area (Å²) < 4.78 is 4.70. The summed E-state index contributed by atoms with van der Waals surface area (Å²) in [5.74, 6) is -0.601. The summed E-state index contributed by atoms with van der Waals surface area (Å²) in [5, 5.41) is 13.4. The van der Waals surface area contributed by atoms with Crippen LogP contribution < -0.4 is 10.6 Å². The van der Waals surface area contributed by atoms with E-state index >= 15 is 0 Å². The molecule has 0 aliphatic carbocycles. The molecule has 0 saturated carbocycles. The molecule has 0 radical (unpaired) electrons. The number of aromatic nitrogens is 2. The molecule has 2 amide bonds. The molecule has 0 bridgehead atoms. The van der Waals surface area contributed by atoms with Gasteiger partial charge in [0.05, 0.1) is 12.4 Å². The fourth-order valence-electron chi connectivity index (χ4n) is 1.31. The maximum Gasteiger partial charge on any atom is 0.325 e. The molecule has 8 nitrogen and oxygen atoms in total. The molecule has 0 atom stereocenters. The van der Waals surface area contributed by atoms with Gasteiger partial charge < -0.3 is 15.4 Å². The fraction of sp³-hybridized carbons (Fsp3) is 0.500. The lowest BCUT2D eigenvalue weighted by Gasteiger charge is -2.07. The van der Waals surface area contributed by atoms with Crippen LogP contribution in [0.25, 0.3) is 0 Å². The van der Waals surface area contributed by atoms with Crippen molar-refractivity contribution in [2.45, 2.75) is 25.8 Å². The molecular weight excluding hydrogens is 320 g/mol. The second-order valence-corrected chi connectivity index (χ2v) is 5.77. The summed E-state index contributed by atoms with van der Waals surface area (Å²) in [6, 6.07) is 3.28. The second-order valence-electron chi connectivity index (χ2n) is 4.77. The van der Waals surface area contributed by atoms with E-state index in [1.165, 1.54) is 11.8 Å². The number of nitrogens with zero attached hydrogens (tertiary/aromatic N) is 2. The van der Waals surface area contributed by atoms with E-state index in [2.05, 4.69) is 20.8 Å². The standard InChI is InChI=1S/C14H20N4O4S/c1-4-22-13(20)7-15-11(19)8-23-12-6-5-10(17-18-12)16-14(21)9(2)3/h5-6,9H,4,7-8H2,1-3H3,(H,15,19)(H,16,17,21). The van der Waals surface area contributed by atoms with Gasteiger partial charge in [0.2, 0.25) is 11.8 Å². The Balaban J connectivity index is 2.36. The van der Waals surface area contributed by atoms with Crippen LogP contribution in [-0.4, -0.2) is 46.9 Å². The first-order valence-corrected chi connectivity index (χ1v) is 8.10. The zero-order valence-corrected chi connectivity index (χ0v) is 14.1. The predicted molar refractivity (Wildman–Crippen MR) is 85.9 cm³/mol. The molecule has 9 heteroatoms. The van der Waals surface area contributed by atoms with Crippen LogP contribution in [0.1, 0.15) is 20.8 Å². The molecule has 1 aromatic heterocycles. The van der Waals surface area contributed by atoms with Gasteiger partial charge in [0.25, 0.3) is 0 Å². The second kappa shape index (κ2) is 9.78. The molecule has 126 valence electrons. The first-order valence-electron chi connectivity index (χ1n) is 7.12. The van der Waals surface area contributed by atoms with Crippen LogP contribution >= 0.6 is 11.8 Å². The smallest absolute Gasteiger partial charge is 0.325 e. The summed E-state index contributed by atoms with van der Waals surface area (Å²) in [6.07, 6.45) is 0. The van der Waals surface area contributed by atoms with Gasteiger partial charge in [0.1, 0.15) is 11.6 Å². The van der Waals surface area contributed by atoms with Gasteiger partial charge in [0, 0.05) is 5.92 Å². The Kier molecular flexibility index (Phi) is 8.03. The Labute approximate surface area is 138 Å². The number of nitrogens with one attached hydrogen (secondary N) is 2. The number of hydrogen-bond donors (Lipinski definition) is 2. The largest absolute Gasteiger partial charge is 0.465 e. The molecule has 0 spiro atoms. The summed E-state index contributed by atoms with van der Waals surface area (Å²) >= 11 is 1.18. The summed E-state index contributed by atoms with van der Waals surface area (Å²) in [7, 11) is 0. The van der Waals surface area contributed by atoms with Crippen molar-refractivity contribution in [3.05, 3.63) is 12.1 Å². The van der Waals surface area contributed by atoms with E-state index in [1.54, 1.807) is 32.9 Å². The first-order chi connectivity index (χ1) is 10.9. The molecule has 0 unspecified atom stereocenters. The number of anilines is 1. The highest BCUT2D eigenvalue weighted by Crippen LogP contribution is 2.15. The van der Waals surface area contributed by atoms with Gasteiger partial charge in [-0.05, 0) is 19.1 Å². The number of ether oxygens (including phenoxy) is 1. The monoisotopic (exact) mass is 340 g/mol. The van der Waals surface area contributed by atoms with Crippen molar-refractivity contribution >= 4 is 35.4 Å². The third-order valence-electron chi connectivity index (χ3n) is 2.50. The zero-order valence-electron chi connectivity index (χ0n) is 13.3. The van der Waals surface area contributed by atoms with E-state index in [4.69, 9.17) is 4.74 Å². The molecule has 23 heavy (non-hydrogen) atoms. The molecule has 0 aliphatic heterocycles. The fourth-order valence-corrected chi connectivity index (χ4v) is 1.95. The highest BCUT2D eigenvalue weighted by atomic mass is 32.2. The molecular formula is C14H20N4O4S. The SMILES string of the molecule is CCOC(=O)CNC(=O)CSc1ccc(NC(=O)C(C)C)nn1. The third-order valence-corrected chi connectivity index (χ3v) is 3.42. The third kappa shape index (κ3) is 7.59. The van der Waals surface area contributed by atoms with Crippen LogP contribution in [0.15, 0.2) is 17.2 Å². The summed E-state index contributed by atoms with van der Waals surface area (Å²) in [6.45, 7) is 5.38. The molecule has 0 saturated heterocycles. The van der Waals surface area contributed by atoms with Crippen LogP contribution in [-0.2, 0) is 19.1 Å². The Bertz CT molecular complexity index is 548. The van der Waals surface area contributed by atoms with Crippen molar-refractivity contribution in [2.24, 2.45) is 5.92 Å². The van der Waals surface area contributed by atoms with Gasteiger partial charge in [-0.25, -0.2) is 0 Å². The number of hydrogen-bond acceptors (Lipinski definition) is 7. The Morgan fingerprint density at radius 2 is 2.00 bits per heavy atom. The lowest BCUT2D eigenvalue weighted by Crippen LogP contribution is -2.31. The van der Waals surface area contributed by atoms with Gasteiger partial charge >= 0.3 is 5.97 Å². The van der Waals surface area contributed by atoms with E-state index < -0.39 is 5.97 Å². The summed E-state index contributed by atoms with van der Waals surface area (Å²) in [4.78, 5) is 34.2. The molecule has 2 N–H and O–H groups in total. The maximum atomic E-state index is 11.6. The molecule has 1 heterocycles. The quantitative estimate of drug-likeness (QED) is 0.533. The van der Waals surface area contributed by atoms with Crippen LogP contribution in [0, 0.1) is 5.92 Å². The van der Waals surface area contributed by atoms with Gasteiger partial charge in [0.15, 0.2) is 5.82 Å². The molecule has 1 rings (SSSR count).